The van der Waals surface area contributed by atoms with Crippen molar-refractivity contribution in [2.24, 2.45) is 29.3 Å². The molecular formula is C68H62N8O8. The molecule has 12 N–H and O–H groups in total. The Morgan fingerprint density at radius 3 is 0.940 bits per heavy atom. The van der Waals surface area contributed by atoms with Crippen molar-refractivity contribution >= 4 is 34.8 Å². The Balaban J connectivity index is 1.34. The summed E-state index contributed by atoms with van der Waals surface area (Å²) in [6, 6.07) is 53.5. The molecule has 0 heterocycles. The smallest absolute Gasteiger partial charge is 0.268 e. The second-order valence-corrected chi connectivity index (χ2v) is 19.0. The fraction of sp³-hybridized carbons (Fsp3) is 0.0882. The number of terminal acetylenes is 1. The van der Waals surface area contributed by atoms with Crippen LogP contribution in [0, 0.1) is 18.3 Å². The van der Waals surface area contributed by atoms with Crippen LogP contribution >= 0.6 is 0 Å². The molecule has 0 bridgehead atoms. The molecule has 0 saturated heterocycles. The predicted molar refractivity (Wildman–Crippen MR) is 330 cm³/mol. The number of hydrogen-bond donors (Lipinski definition) is 8. The zero-order chi connectivity index (χ0) is 59.7. The van der Waals surface area contributed by atoms with Crippen molar-refractivity contribution < 1.29 is 38.1 Å². The third-order valence-electron chi connectivity index (χ3n) is 13.6. The van der Waals surface area contributed by atoms with E-state index in [-0.39, 0.29) is 53.7 Å². The van der Waals surface area contributed by atoms with E-state index in [1.165, 1.54) is 0 Å². The fourth-order valence-electron chi connectivity index (χ4n) is 9.28. The average Bonchev–Trinajstić information content (AvgIpc) is 3.69. The summed E-state index contributed by atoms with van der Waals surface area (Å²) >= 11 is 0. The topological polar surface area (TPSA) is 257 Å². The summed E-state index contributed by atoms with van der Waals surface area (Å²) in [6.07, 6.45) is 10.5. The minimum absolute atomic E-state index is 0.0123. The van der Waals surface area contributed by atoms with Crippen molar-refractivity contribution in [3.05, 3.63) is 252 Å². The van der Waals surface area contributed by atoms with Crippen LogP contribution in [0.1, 0.15) is 70.6 Å². The second-order valence-electron chi connectivity index (χ2n) is 19.0. The van der Waals surface area contributed by atoms with E-state index in [4.69, 9.17) is 48.7 Å². The summed E-state index contributed by atoms with van der Waals surface area (Å²) in [5.41, 5.74) is 21.4. The highest BCUT2D eigenvalue weighted by atomic mass is 16.5. The van der Waals surface area contributed by atoms with Crippen molar-refractivity contribution in [3.8, 4) is 79.8 Å². The van der Waals surface area contributed by atoms with Crippen molar-refractivity contribution in [1.29, 1.82) is 0 Å². The maximum Gasteiger partial charge on any atom is 0.268 e. The molecule has 0 radical (unpaired) electrons. The van der Waals surface area contributed by atoms with E-state index in [1.54, 1.807) is 60.7 Å². The van der Waals surface area contributed by atoms with E-state index in [0.29, 0.717) is 23.9 Å². The second kappa shape index (κ2) is 28.1. The fourth-order valence-corrected chi connectivity index (χ4v) is 9.28. The summed E-state index contributed by atoms with van der Waals surface area (Å²) in [5, 5.41) is 0. The molecule has 8 rings (SSSR count). The van der Waals surface area contributed by atoms with Crippen LogP contribution in [-0.2, 0) is 0 Å². The molecule has 0 fully saturated rings. The molecule has 8 aromatic carbocycles. The van der Waals surface area contributed by atoms with Gasteiger partial charge in [0.15, 0.2) is 0 Å². The predicted octanol–water partition coefficient (Wildman–Crippen LogP) is 10.1. The van der Waals surface area contributed by atoms with Crippen LogP contribution in [0.5, 0.6) is 23.0 Å². The number of benzene rings is 8. The number of carbonyl (C=O) groups excluding carboxylic acids is 4. The number of rotatable bonds is 24. The lowest BCUT2D eigenvalue weighted by atomic mass is 9.84. The third kappa shape index (κ3) is 13.7. The van der Waals surface area contributed by atoms with Crippen LogP contribution in [0.2, 0.25) is 0 Å². The molecule has 84 heavy (non-hydrogen) atoms. The summed E-state index contributed by atoms with van der Waals surface area (Å²) in [7, 11) is 0. The monoisotopic (exact) mass is 1120 g/mol. The van der Waals surface area contributed by atoms with Crippen LogP contribution in [0.25, 0.3) is 55.7 Å². The van der Waals surface area contributed by atoms with Gasteiger partial charge in [-0.1, -0.05) is 166 Å². The van der Waals surface area contributed by atoms with E-state index in [2.05, 4.69) is 47.4 Å². The van der Waals surface area contributed by atoms with Gasteiger partial charge in [0.2, 0.25) is 0 Å². The van der Waals surface area contributed by atoms with E-state index in [1.807, 2.05) is 134 Å². The highest BCUT2D eigenvalue weighted by molar-refractivity contribution is 6.06. The van der Waals surface area contributed by atoms with Gasteiger partial charge in [-0.15, -0.1) is 13.0 Å². The van der Waals surface area contributed by atoms with Crippen LogP contribution < -0.4 is 64.0 Å². The van der Waals surface area contributed by atoms with Crippen molar-refractivity contribution in [1.82, 2.24) is 21.7 Å². The van der Waals surface area contributed by atoms with Gasteiger partial charge in [-0.25, -0.2) is 23.4 Å². The van der Waals surface area contributed by atoms with Gasteiger partial charge in [0.05, 0.1) is 28.9 Å². The maximum absolute atomic E-state index is 12.9. The number of hydrazine groups is 4. The molecule has 0 saturated carbocycles. The van der Waals surface area contributed by atoms with E-state index >= 15 is 0 Å². The average molecular weight is 1120 g/mol. The van der Waals surface area contributed by atoms with Crippen molar-refractivity contribution in [2.75, 3.05) is 26.4 Å². The Hall–Kier alpha value is -10.8. The Labute approximate surface area is 487 Å². The largest absolute Gasteiger partial charge is 0.492 e. The zero-order valence-electron chi connectivity index (χ0n) is 46.1. The third-order valence-corrected chi connectivity index (χ3v) is 13.6. The van der Waals surface area contributed by atoms with Gasteiger partial charge >= 0.3 is 0 Å². The first kappa shape index (κ1) is 59.3. The maximum atomic E-state index is 12.9. The van der Waals surface area contributed by atoms with Crippen LogP contribution in [0.4, 0.5) is 0 Å². The van der Waals surface area contributed by atoms with Gasteiger partial charge in [0.1, 0.15) is 42.8 Å². The normalized spacial score (nSPS) is 10.9. The van der Waals surface area contributed by atoms with Gasteiger partial charge < -0.3 is 18.9 Å². The molecule has 422 valence electrons. The molecule has 8 aromatic rings. The number of nitrogens with one attached hydrogen (secondary N) is 4. The Kier molecular flexibility index (Phi) is 19.8. The number of nitrogens with two attached hydrogens (primary N) is 4. The number of nitrogen functional groups attached to an aromatic ring is 4. The lowest BCUT2D eigenvalue weighted by molar-refractivity contribution is 0.0941. The molecule has 1 atom stereocenters. The molecule has 16 nitrogen and oxygen atoms in total. The van der Waals surface area contributed by atoms with Crippen molar-refractivity contribution in [2.45, 2.75) is 6.92 Å². The highest BCUT2D eigenvalue weighted by Gasteiger charge is 2.22. The van der Waals surface area contributed by atoms with E-state index in [9.17, 15) is 19.2 Å². The first-order valence-electron chi connectivity index (χ1n) is 26.4. The minimum Gasteiger partial charge on any atom is -0.492 e. The Bertz CT molecular complexity index is 3710. The quantitative estimate of drug-likeness (QED) is 0.00702. The number of ether oxygens (including phenoxy) is 4. The summed E-state index contributed by atoms with van der Waals surface area (Å²) in [6.45, 7) is 13.9. The van der Waals surface area contributed by atoms with Gasteiger partial charge in [-0.3, -0.25) is 40.9 Å². The first-order chi connectivity index (χ1) is 40.9. The number of carbonyl (C=O) groups is 4. The van der Waals surface area contributed by atoms with E-state index < -0.39 is 23.6 Å². The Morgan fingerprint density at radius 2 is 0.690 bits per heavy atom. The van der Waals surface area contributed by atoms with Crippen LogP contribution in [0.3, 0.4) is 0 Å². The van der Waals surface area contributed by atoms with Gasteiger partial charge in [-0.05, 0) is 126 Å². The molecule has 0 aliphatic heterocycles. The lowest BCUT2D eigenvalue weighted by Gasteiger charge is -2.20. The summed E-state index contributed by atoms with van der Waals surface area (Å²) < 4.78 is 23.8. The minimum atomic E-state index is -0.533. The zero-order valence-corrected chi connectivity index (χ0v) is 46.1. The van der Waals surface area contributed by atoms with Gasteiger partial charge in [0, 0.05) is 5.92 Å². The van der Waals surface area contributed by atoms with Gasteiger partial charge in [-0.2, -0.15) is 0 Å². The van der Waals surface area contributed by atoms with Crippen LogP contribution in [0.15, 0.2) is 208 Å². The summed E-state index contributed by atoms with van der Waals surface area (Å²) in [4.78, 5) is 51.2. The molecule has 0 aliphatic carbocycles. The molecule has 0 spiro atoms. The molecule has 16 heteroatoms. The SMILES string of the molecule is C#CCOc1cc(-c2ccc(C(=C(c3ccc(-c4ccc(C(=O)NN)c(OCC=C)c4)cc3)c3ccc(-c4ccc(C(=O)NN)c(OCC=C)c4)cc3)c3ccc(-c4ccc(C(=O)NN)c(OCC(C)C=C)c4)cc3)cc2)ccc1C(=O)NN. The molecular weight excluding hydrogens is 1060 g/mol. The molecule has 0 aromatic heterocycles. The molecule has 1 unspecified atom stereocenters. The van der Waals surface area contributed by atoms with Crippen molar-refractivity contribution in [3.63, 3.8) is 0 Å². The van der Waals surface area contributed by atoms with E-state index in [0.717, 1.165) is 77.9 Å². The standard InChI is InChI=1S/C68H62N8O8/c1-6-34-81-59-37-51(26-30-55(59)65(77)73-69)43-10-18-47(19-11-43)63(48-20-12-44(13-21-48)52-27-31-56(66(78)74-70)60(38-52)82-35-7-2)64(49-22-14-45(15-23-49)53-28-32-57(67(79)75-71)61(39-53)83-36-8-3)50-24-16-46(17-25-50)54-29-33-58(68(80)76-72)62(40-54)84-41-42(5)9-4/h3,6-7,9-33,37-40,42H,1-2,4,34-36,41,69-72H2,5H3,(H,73,77)(H,74,78)(H,75,79)(H,76,80). The lowest BCUT2D eigenvalue weighted by Crippen LogP contribution is -2.30. The van der Waals surface area contributed by atoms with Gasteiger partial charge in [0.25, 0.3) is 23.6 Å². The first-order valence-corrected chi connectivity index (χ1v) is 26.4. The molecule has 4 amide bonds. The number of hydrogen-bond acceptors (Lipinski definition) is 12. The Morgan fingerprint density at radius 1 is 0.429 bits per heavy atom. The highest BCUT2D eigenvalue weighted by Crippen LogP contribution is 2.41. The molecule has 0 aliphatic rings. The number of amides is 4. The van der Waals surface area contributed by atoms with Crippen LogP contribution in [-0.4, -0.2) is 50.1 Å². The summed E-state index contributed by atoms with van der Waals surface area (Å²) in [5.74, 6) is 23.9.